The van der Waals surface area contributed by atoms with Crippen LogP contribution in [0.1, 0.15) is 11.1 Å². The number of alkyl halides is 3. The summed E-state index contributed by atoms with van der Waals surface area (Å²) in [4.78, 5) is 8.53. The second-order valence-corrected chi connectivity index (χ2v) is 9.49. The molecule has 4 aromatic rings. The Hall–Kier alpha value is -4.58. The van der Waals surface area contributed by atoms with Gasteiger partial charge in [0.2, 0.25) is 5.75 Å². The monoisotopic (exact) mass is 557 g/mol. The quantitative estimate of drug-likeness (QED) is 0.255. The number of aromatic nitrogens is 2. The van der Waals surface area contributed by atoms with E-state index in [2.05, 4.69) is 14.7 Å². The summed E-state index contributed by atoms with van der Waals surface area (Å²) in [5.74, 6) is -0.212. The Bertz CT molecular complexity index is 1580. The number of hydrogen-bond acceptors (Lipinski definition) is 7. The first-order valence-electron chi connectivity index (χ1n) is 11.3. The summed E-state index contributed by atoms with van der Waals surface area (Å²) in [5, 5.41) is 0.946. The summed E-state index contributed by atoms with van der Waals surface area (Å²) in [6.45, 7) is 0. The third-order valence-corrected chi connectivity index (χ3v) is 6.23. The molecule has 0 aliphatic carbocycles. The van der Waals surface area contributed by atoms with Crippen molar-refractivity contribution in [1.29, 1.82) is 0 Å². The molecular formula is C27H22F3N3O5S. The van der Waals surface area contributed by atoms with E-state index in [-0.39, 0.29) is 34.6 Å². The SMILES string of the molecule is COc1ccccc1Oc1c(NS(=O)(=O)/C=C/c2ccccc2)nc(-c2ccc(C(F)(F)F)cc2)nc1OC. The first kappa shape index (κ1) is 27.5. The molecule has 3 aromatic carbocycles. The average molecular weight is 558 g/mol. The number of anilines is 1. The molecule has 0 fully saturated rings. The van der Waals surface area contributed by atoms with Gasteiger partial charge in [-0.15, -0.1) is 0 Å². The van der Waals surface area contributed by atoms with E-state index >= 15 is 0 Å². The van der Waals surface area contributed by atoms with E-state index in [0.717, 1.165) is 17.5 Å². The minimum atomic E-state index is -4.53. The molecule has 1 heterocycles. The fourth-order valence-electron chi connectivity index (χ4n) is 3.38. The first-order chi connectivity index (χ1) is 18.6. The number of hydrogen-bond donors (Lipinski definition) is 1. The first-order valence-corrected chi connectivity index (χ1v) is 12.8. The van der Waals surface area contributed by atoms with Crippen molar-refractivity contribution in [3.8, 4) is 34.5 Å². The summed E-state index contributed by atoms with van der Waals surface area (Å²) in [6.07, 6.45) is -3.15. The molecule has 202 valence electrons. The van der Waals surface area contributed by atoms with E-state index in [1.165, 1.54) is 32.4 Å². The number of nitrogens with one attached hydrogen (secondary N) is 1. The molecule has 0 unspecified atom stereocenters. The van der Waals surface area contributed by atoms with Gasteiger partial charge in [0.1, 0.15) is 0 Å². The minimum absolute atomic E-state index is 0.0994. The standard InChI is InChI=1S/C27H22F3N3O5S/c1-36-21-10-6-7-11-22(21)38-23-25(33-39(34,35)17-16-18-8-4-3-5-9-18)31-24(32-26(23)37-2)19-12-14-20(15-13-19)27(28,29)30/h3-17H,1-2H3,(H,31,32,33)/b17-16+. The second kappa shape index (κ2) is 11.4. The van der Waals surface area contributed by atoms with E-state index in [9.17, 15) is 21.6 Å². The highest BCUT2D eigenvalue weighted by atomic mass is 32.2. The Balaban J connectivity index is 1.80. The smallest absolute Gasteiger partial charge is 0.416 e. The molecule has 0 atom stereocenters. The maximum atomic E-state index is 13.0. The number of para-hydroxylation sites is 2. The molecule has 0 spiro atoms. The molecule has 0 aliphatic rings. The average Bonchev–Trinajstić information content (AvgIpc) is 2.93. The van der Waals surface area contributed by atoms with Gasteiger partial charge in [0.15, 0.2) is 23.1 Å². The van der Waals surface area contributed by atoms with Crippen molar-refractivity contribution in [2.45, 2.75) is 6.18 Å². The van der Waals surface area contributed by atoms with Crippen LogP contribution in [-0.4, -0.2) is 32.6 Å². The lowest BCUT2D eigenvalue weighted by Gasteiger charge is -2.17. The zero-order valence-corrected chi connectivity index (χ0v) is 21.5. The largest absolute Gasteiger partial charge is 0.493 e. The number of halogens is 3. The summed E-state index contributed by atoms with van der Waals surface area (Å²) in [5.41, 5.74) is -0.0363. The zero-order chi connectivity index (χ0) is 28.0. The number of sulfonamides is 1. The highest BCUT2D eigenvalue weighted by molar-refractivity contribution is 7.95. The van der Waals surface area contributed by atoms with Gasteiger partial charge in [0, 0.05) is 5.56 Å². The molecule has 0 saturated carbocycles. The van der Waals surface area contributed by atoms with Crippen LogP contribution in [0.15, 0.2) is 84.3 Å². The van der Waals surface area contributed by atoms with Gasteiger partial charge in [-0.1, -0.05) is 54.6 Å². The van der Waals surface area contributed by atoms with Crippen LogP contribution in [0, 0.1) is 0 Å². The van der Waals surface area contributed by atoms with Gasteiger partial charge in [-0.3, -0.25) is 4.72 Å². The third kappa shape index (κ3) is 6.85. The Morgan fingerprint density at radius 3 is 2.08 bits per heavy atom. The lowest BCUT2D eigenvalue weighted by atomic mass is 10.1. The predicted octanol–water partition coefficient (Wildman–Crippen LogP) is 6.38. The molecule has 39 heavy (non-hydrogen) atoms. The van der Waals surface area contributed by atoms with Crippen molar-refractivity contribution in [2.24, 2.45) is 0 Å². The molecule has 0 aliphatic heterocycles. The van der Waals surface area contributed by atoms with E-state index in [0.29, 0.717) is 11.3 Å². The van der Waals surface area contributed by atoms with E-state index in [4.69, 9.17) is 14.2 Å². The van der Waals surface area contributed by atoms with Gasteiger partial charge in [-0.25, -0.2) is 13.4 Å². The van der Waals surface area contributed by atoms with Crippen LogP contribution in [0.5, 0.6) is 23.1 Å². The third-order valence-electron chi connectivity index (χ3n) is 5.26. The van der Waals surface area contributed by atoms with Gasteiger partial charge < -0.3 is 14.2 Å². The molecule has 0 amide bonds. The topological polar surface area (TPSA) is 99.6 Å². The van der Waals surface area contributed by atoms with Crippen LogP contribution < -0.4 is 18.9 Å². The van der Waals surface area contributed by atoms with Crippen LogP contribution in [0.4, 0.5) is 19.0 Å². The van der Waals surface area contributed by atoms with Crippen LogP contribution in [0.2, 0.25) is 0 Å². The maximum Gasteiger partial charge on any atom is 0.416 e. The highest BCUT2D eigenvalue weighted by Crippen LogP contribution is 2.41. The van der Waals surface area contributed by atoms with Crippen LogP contribution >= 0.6 is 0 Å². The number of rotatable bonds is 9. The van der Waals surface area contributed by atoms with Crippen molar-refractivity contribution >= 4 is 21.9 Å². The number of ether oxygens (including phenoxy) is 3. The Morgan fingerprint density at radius 2 is 1.46 bits per heavy atom. The Labute approximate surface area is 222 Å². The van der Waals surface area contributed by atoms with Crippen molar-refractivity contribution in [3.63, 3.8) is 0 Å². The van der Waals surface area contributed by atoms with Crippen molar-refractivity contribution in [3.05, 3.63) is 95.4 Å². The fraction of sp³-hybridized carbons (Fsp3) is 0.111. The van der Waals surface area contributed by atoms with Crippen molar-refractivity contribution in [1.82, 2.24) is 9.97 Å². The van der Waals surface area contributed by atoms with Gasteiger partial charge in [0.25, 0.3) is 15.9 Å². The molecule has 0 saturated heterocycles. The van der Waals surface area contributed by atoms with Crippen LogP contribution in [-0.2, 0) is 16.2 Å². The second-order valence-electron chi connectivity index (χ2n) is 7.92. The lowest BCUT2D eigenvalue weighted by Crippen LogP contribution is -2.13. The Morgan fingerprint density at radius 1 is 0.821 bits per heavy atom. The molecule has 0 radical (unpaired) electrons. The molecule has 1 aromatic heterocycles. The van der Waals surface area contributed by atoms with Gasteiger partial charge in [-0.2, -0.15) is 18.2 Å². The summed E-state index contributed by atoms with van der Waals surface area (Å²) >= 11 is 0. The van der Waals surface area contributed by atoms with Crippen molar-refractivity contribution in [2.75, 3.05) is 18.9 Å². The Kier molecular flexibility index (Phi) is 8.05. The van der Waals surface area contributed by atoms with E-state index < -0.39 is 21.8 Å². The lowest BCUT2D eigenvalue weighted by molar-refractivity contribution is -0.137. The van der Waals surface area contributed by atoms with Crippen LogP contribution in [0.25, 0.3) is 17.5 Å². The fourth-order valence-corrected chi connectivity index (χ4v) is 4.19. The van der Waals surface area contributed by atoms with E-state index in [1.54, 1.807) is 54.6 Å². The number of benzene rings is 3. The summed E-state index contributed by atoms with van der Waals surface area (Å²) < 4.78 is 84.1. The molecule has 8 nitrogen and oxygen atoms in total. The summed E-state index contributed by atoms with van der Waals surface area (Å²) in [6, 6.07) is 19.4. The van der Waals surface area contributed by atoms with Gasteiger partial charge in [0.05, 0.1) is 25.2 Å². The van der Waals surface area contributed by atoms with Gasteiger partial charge >= 0.3 is 6.18 Å². The normalized spacial score (nSPS) is 11.8. The molecular weight excluding hydrogens is 535 g/mol. The summed E-state index contributed by atoms with van der Waals surface area (Å²) in [7, 11) is -1.44. The molecule has 4 rings (SSSR count). The molecule has 1 N–H and O–H groups in total. The number of methoxy groups -OCH3 is 2. The van der Waals surface area contributed by atoms with E-state index in [1.807, 2.05) is 0 Å². The van der Waals surface area contributed by atoms with Crippen molar-refractivity contribution < 1.29 is 35.8 Å². The predicted molar refractivity (Wildman–Crippen MR) is 140 cm³/mol. The van der Waals surface area contributed by atoms with Crippen LogP contribution in [0.3, 0.4) is 0 Å². The van der Waals surface area contributed by atoms with Gasteiger partial charge in [-0.05, 0) is 35.9 Å². The number of nitrogens with zero attached hydrogens (tertiary/aromatic N) is 2. The maximum absolute atomic E-state index is 13.0. The molecule has 12 heteroatoms. The highest BCUT2D eigenvalue weighted by Gasteiger charge is 2.30. The minimum Gasteiger partial charge on any atom is -0.493 e. The zero-order valence-electron chi connectivity index (χ0n) is 20.6. The molecule has 0 bridgehead atoms.